The number of nitrogens with zero attached hydrogens (tertiary/aromatic N) is 1. The summed E-state index contributed by atoms with van der Waals surface area (Å²) in [7, 11) is 4.61. The van der Waals surface area contributed by atoms with Crippen LogP contribution in [0.1, 0.15) is 32.1 Å². The molecule has 0 aromatic carbocycles. The Morgan fingerprint density at radius 2 is 1.58 bits per heavy atom. The third-order valence-corrected chi connectivity index (χ3v) is 1.79. The van der Waals surface area contributed by atoms with Gasteiger partial charge < -0.3 is 11.6 Å². The van der Waals surface area contributed by atoms with Crippen LogP contribution >= 0.6 is 9.42 Å². The Hall–Kier alpha value is 0.388. The number of halogens is 1. The first-order valence-electron chi connectivity index (χ1n) is 3.45. The van der Waals surface area contributed by atoms with Gasteiger partial charge in [-0.3, -0.25) is 0 Å². The van der Waals surface area contributed by atoms with Gasteiger partial charge in [0.15, 0.2) is 0 Å². The molecule has 0 radical (unpaired) electrons. The molecule has 1 rings (SSSR count). The number of nitriles is 1. The van der Waals surface area contributed by atoms with Gasteiger partial charge >= 0.3 is 28.2 Å². The predicted octanol–water partition coefficient (Wildman–Crippen LogP) is 2.11. The van der Waals surface area contributed by atoms with E-state index in [1.807, 2.05) is 0 Å². The van der Waals surface area contributed by atoms with Crippen molar-refractivity contribution >= 4 is 9.42 Å². The molecule has 5 N–H and O–H groups in total. The van der Waals surface area contributed by atoms with E-state index in [2.05, 4.69) is 15.5 Å². The molecule has 1 fully saturated rings. The number of rotatable bonds is 0. The van der Waals surface area contributed by atoms with Crippen molar-refractivity contribution in [3.8, 4) is 6.07 Å². The molecule has 0 aliphatic heterocycles. The van der Waals surface area contributed by atoms with Gasteiger partial charge in [0.2, 0.25) is 0 Å². The first-order valence-corrected chi connectivity index (χ1v) is 6.26. The van der Waals surface area contributed by atoms with Gasteiger partial charge in [-0.1, -0.05) is 19.3 Å². The van der Waals surface area contributed by atoms with Crippen molar-refractivity contribution in [2.24, 2.45) is 5.92 Å². The number of hydrogen-bond acceptors (Lipinski definition) is 2. The molecule has 12 heavy (non-hydrogen) atoms. The summed E-state index contributed by atoms with van der Waals surface area (Å²) >= 11 is 1.61. The van der Waals surface area contributed by atoms with Crippen molar-refractivity contribution < 1.29 is 24.2 Å². The zero-order valence-electron chi connectivity index (χ0n) is 6.96. The zero-order chi connectivity index (χ0) is 7.82. The summed E-state index contributed by atoms with van der Waals surface area (Å²) in [6, 6.07) is 2.30. The second-order valence-electron chi connectivity index (χ2n) is 2.46. The second kappa shape index (κ2) is 13.9. The SMILES string of the molecule is N.N#CC1CCCCC1.O.[Cl][Pt]. The molecule has 0 unspecified atom stereocenters. The molecule has 0 aromatic rings. The maximum atomic E-state index is 8.44. The molecule has 0 spiro atoms. The van der Waals surface area contributed by atoms with Crippen LogP contribution in [0.25, 0.3) is 0 Å². The van der Waals surface area contributed by atoms with E-state index >= 15 is 0 Å². The van der Waals surface area contributed by atoms with E-state index < -0.39 is 0 Å². The van der Waals surface area contributed by atoms with Gasteiger partial charge in [0.1, 0.15) is 0 Å². The van der Waals surface area contributed by atoms with Crippen LogP contribution in [0, 0.1) is 17.2 Å². The zero-order valence-corrected chi connectivity index (χ0v) is 9.99. The summed E-state index contributed by atoms with van der Waals surface area (Å²) in [6.07, 6.45) is 6.20. The van der Waals surface area contributed by atoms with Crippen LogP contribution in [0.5, 0.6) is 0 Å². The Balaban J connectivity index is -0.000000189. The molecule has 1 saturated carbocycles. The Morgan fingerprint density at radius 3 is 1.83 bits per heavy atom. The molecule has 1 aliphatic carbocycles. The van der Waals surface area contributed by atoms with Crippen LogP contribution in [0.3, 0.4) is 0 Å². The van der Waals surface area contributed by atoms with Gasteiger partial charge in [-0.15, -0.1) is 0 Å². The molecule has 3 nitrogen and oxygen atoms in total. The van der Waals surface area contributed by atoms with E-state index in [-0.39, 0.29) is 11.6 Å². The third kappa shape index (κ3) is 8.48. The Labute approximate surface area is 89.2 Å². The quantitative estimate of drug-likeness (QED) is 0.703. The molecule has 0 aromatic heterocycles. The van der Waals surface area contributed by atoms with E-state index in [0.717, 1.165) is 12.8 Å². The topological polar surface area (TPSA) is 90.3 Å². The molecule has 0 atom stereocenters. The molecule has 0 amide bonds. The summed E-state index contributed by atoms with van der Waals surface area (Å²) in [6.45, 7) is 0. The van der Waals surface area contributed by atoms with Crippen LogP contribution in [-0.4, -0.2) is 5.48 Å². The molecular weight excluding hydrogens is 359 g/mol. The molecule has 1 aliphatic rings. The monoisotopic (exact) mass is 374 g/mol. The fourth-order valence-electron chi connectivity index (χ4n) is 1.23. The summed E-state index contributed by atoms with van der Waals surface area (Å²) < 4.78 is 0. The fourth-order valence-corrected chi connectivity index (χ4v) is 1.23. The Kier molecular flexibility index (Phi) is 21.2. The fraction of sp³-hybridized carbons (Fsp3) is 0.857. The average molecular weight is 375 g/mol. The summed E-state index contributed by atoms with van der Waals surface area (Å²) in [5.74, 6) is 0.392. The van der Waals surface area contributed by atoms with Crippen molar-refractivity contribution in [2.75, 3.05) is 0 Å². The summed E-state index contributed by atoms with van der Waals surface area (Å²) in [5, 5.41) is 8.44. The van der Waals surface area contributed by atoms with Crippen LogP contribution in [0.4, 0.5) is 0 Å². The van der Waals surface area contributed by atoms with Crippen LogP contribution in [0.2, 0.25) is 0 Å². The molecule has 0 saturated heterocycles. The van der Waals surface area contributed by atoms with Gasteiger partial charge in [-0.05, 0) is 12.8 Å². The van der Waals surface area contributed by atoms with Gasteiger partial charge in [0, 0.05) is 5.92 Å². The number of hydrogen-bond donors (Lipinski definition) is 1. The van der Waals surface area contributed by atoms with Crippen molar-refractivity contribution in [3.05, 3.63) is 0 Å². The van der Waals surface area contributed by atoms with E-state index in [1.54, 1.807) is 18.8 Å². The van der Waals surface area contributed by atoms with Gasteiger partial charge in [-0.25, -0.2) is 0 Å². The molecule has 0 bridgehead atoms. The van der Waals surface area contributed by atoms with Crippen molar-refractivity contribution in [1.29, 1.82) is 5.26 Å². The van der Waals surface area contributed by atoms with Crippen molar-refractivity contribution in [1.82, 2.24) is 6.15 Å². The van der Waals surface area contributed by atoms with Gasteiger partial charge in [0.05, 0.1) is 6.07 Å². The molecule has 5 heteroatoms. The summed E-state index contributed by atoms with van der Waals surface area (Å²) in [5.41, 5.74) is 0. The van der Waals surface area contributed by atoms with Gasteiger partial charge in [-0.2, -0.15) is 5.26 Å². The first kappa shape index (κ1) is 18.2. The van der Waals surface area contributed by atoms with Crippen molar-refractivity contribution in [3.63, 3.8) is 0 Å². The minimum atomic E-state index is 0. The maximum absolute atomic E-state index is 8.44. The van der Waals surface area contributed by atoms with E-state index in [9.17, 15) is 0 Å². The molecule has 0 heterocycles. The van der Waals surface area contributed by atoms with E-state index in [4.69, 9.17) is 5.26 Å². The predicted molar refractivity (Wildman–Crippen MR) is 46.7 cm³/mol. The average Bonchev–Trinajstić information content (AvgIpc) is 2.10. The molecular formula is C7H16ClN2OPt. The van der Waals surface area contributed by atoms with E-state index in [0.29, 0.717) is 5.92 Å². The second-order valence-corrected chi connectivity index (χ2v) is 2.46. The van der Waals surface area contributed by atoms with E-state index in [1.165, 1.54) is 19.3 Å². The van der Waals surface area contributed by atoms with Crippen LogP contribution in [-0.2, 0) is 18.8 Å². The Bertz CT molecular complexity index is 112. The summed E-state index contributed by atoms with van der Waals surface area (Å²) in [4.78, 5) is 0. The third-order valence-electron chi connectivity index (χ3n) is 1.79. The van der Waals surface area contributed by atoms with Crippen molar-refractivity contribution in [2.45, 2.75) is 32.1 Å². The minimum absolute atomic E-state index is 0. The standard InChI is InChI=1S/C7H11N.ClH.H3N.H2O.Pt/c8-6-7-4-2-1-3-5-7;;;;/h7H,1-5H2;1H;1H3;1H2;/q;;;;+1/p-1. The van der Waals surface area contributed by atoms with Gasteiger partial charge in [0.25, 0.3) is 0 Å². The van der Waals surface area contributed by atoms with Crippen LogP contribution < -0.4 is 6.15 Å². The first-order chi connectivity index (χ1) is 4.93. The van der Waals surface area contributed by atoms with Crippen LogP contribution in [0.15, 0.2) is 0 Å². The molecule has 77 valence electrons. The normalized spacial score (nSPS) is 15.5. The Morgan fingerprint density at radius 1 is 1.17 bits per heavy atom.